The van der Waals surface area contributed by atoms with Crippen molar-refractivity contribution in [1.29, 1.82) is 0 Å². The first kappa shape index (κ1) is 28.0. The lowest BCUT2D eigenvalue weighted by atomic mass is 10.1. The van der Waals surface area contributed by atoms with Gasteiger partial charge < -0.3 is 0 Å². The van der Waals surface area contributed by atoms with Gasteiger partial charge in [0.2, 0.25) is 0 Å². The van der Waals surface area contributed by atoms with Crippen LogP contribution in [0.5, 0.6) is 0 Å². The van der Waals surface area contributed by atoms with E-state index in [1.165, 1.54) is 32.3 Å². The molecule has 0 saturated carbocycles. The van der Waals surface area contributed by atoms with Crippen molar-refractivity contribution >= 4 is 37.1 Å². The number of fused-ring (bicyclic) bond motifs is 1. The molecule has 0 atom stereocenters. The normalized spacial score (nSPS) is 13.9. The fourth-order valence-electron chi connectivity index (χ4n) is 5.99. The zero-order valence-electron chi connectivity index (χ0n) is 23.5. The van der Waals surface area contributed by atoms with Crippen LogP contribution >= 0.6 is 15.8 Å². The quantitative estimate of drug-likeness (QED) is 0.143. The molecule has 0 radical (unpaired) electrons. The number of hydrogen-bond acceptors (Lipinski definition) is 2. The van der Waals surface area contributed by atoms with Crippen molar-refractivity contribution in [3.63, 3.8) is 0 Å². The summed E-state index contributed by atoms with van der Waals surface area (Å²) in [6.07, 6.45) is 4.27. The third-order valence-electron chi connectivity index (χ3n) is 7.97. The second-order valence-corrected chi connectivity index (χ2v) is 15.4. The van der Waals surface area contributed by atoms with E-state index in [9.17, 15) is 0 Å². The van der Waals surface area contributed by atoms with Crippen molar-refractivity contribution in [2.24, 2.45) is 0 Å². The molecular weight excluding hydrogens is 534 g/mol. The van der Waals surface area contributed by atoms with Gasteiger partial charge in [-0.2, -0.15) is 0 Å². The maximum absolute atomic E-state index is 4.08. The Kier molecular flexibility index (Phi) is 9.36. The Hall–Kier alpha value is -3.12. The van der Waals surface area contributed by atoms with E-state index in [1.54, 1.807) is 0 Å². The molecular formula is C37H38N2P2. The summed E-state index contributed by atoms with van der Waals surface area (Å²) in [5, 5.41) is 13.9. The molecule has 0 aromatic heterocycles. The maximum atomic E-state index is 4.08. The maximum Gasteiger partial charge on any atom is 0.0770 e. The molecule has 2 N–H and O–H groups in total. The Bertz CT molecular complexity index is 1300. The van der Waals surface area contributed by atoms with Crippen LogP contribution in [0.15, 0.2) is 146 Å². The molecule has 1 aliphatic carbocycles. The lowest BCUT2D eigenvalue weighted by Crippen LogP contribution is -2.59. The predicted octanol–water partition coefficient (Wildman–Crippen LogP) is 5.93. The molecule has 0 heterocycles. The van der Waals surface area contributed by atoms with Gasteiger partial charge in [0.1, 0.15) is 0 Å². The minimum Gasteiger partial charge on any atom is -0.298 e. The zero-order chi connectivity index (χ0) is 27.7. The second-order valence-electron chi connectivity index (χ2n) is 10.7. The molecule has 0 unspecified atom stereocenters. The van der Waals surface area contributed by atoms with E-state index in [0.29, 0.717) is 0 Å². The van der Waals surface area contributed by atoms with E-state index >= 15 is 0 Å². The Morgan fingerprint density at radius 3 is 1.02 bits per heavy atom. The van der Waals surface area contributed by atoms with Crippen LogP contribution in [0, 0.1) is 0 Å². The third kappa shape index (κ3) is 7.03. The summed E-state index contributed by atoms with van der Waals surface area (Å²) in [6.45, 7) is 1.95. The molecule has 5 aromatic carbocycles. The highest BCUT2D eigenvalue weighted by Crippen LogP contribution is 2.35. The smallest absolute Gasteiger partial charge is 0.0770 e. The van der Waals surface area contributed by atoms with Gasteiger partial charge in [0.25, 0.3) is 0 Å². The van der Waals surface area contributed by atoms with Gasteiger partial charge in [-0.3, -0.25) is 10.6 Å². The van der Waals surface area contributed by atoms with Crippen LogP contribution in [0.25, 0.3) is 0 Å². The van der Waals surface area contributed by atoms with Gasteiger partial charge in [0.15, 0.2) is 0 Å². The van der Waals surface area contributed by atoms with Crippen LogP contribution in [0.4, 0.5) is 0 Å². The molecule has 1 aliphatic rings. The molecule has 0 fully saturated rings. The fraction of sp³-hybridized carbons (Fsp3) is 0.189. The second kappa shape index (κ2) is 13.7. The van der Waals surface area contributed by atoms with Gasteiger partial charge in [-0.1, -0.05) is 146 Å². The summed E-state index contributed by atoms with van der Waals surface area (Å²) >= 11 is 0. The molecule has 0 amide bonds. The first-order chi connectivity index (χ1) is 20.3. The van der Waals surface area contributed by atoms with E-state index in [0.717, 1.165) is 38.3 Å². The molecule has 0 bridgehead atoms. The lowest BCUT2D eigenvalue weighted by Gasteiger charge is -2.34. The average molecular weight is 573 g/mol. The molecule has 0 aliphatic heterocycles. The minimum atomic E-state index is -0.423. The van der Waals surface area contributed by atoms with Gasteiger partial charge in [0.05, 0.1) is 5.66 Å². The summed E-state index contributed by atoms with van der Waals surface area (Å²) in [4.78, 5) is 0. The first-order valence-electron chi connectivity index (χ1n) is 14.6. The number of rotatable bonds is 12. The predicted molar refractivity (Wildman–Crippen MR) is 180 cm³/mol. The van der Waals surface area contributed by atoms with E-state index in [1.807, 2.05) is 0 Å². The van der Waals surface area contributed by atoms with Gasteiger partial charge in [-0.25, -0.2) is 0 Å². The van der Waals surface area contributed by atoms with Crippen LogP contribution in [0.3, 0.4) is 0 Å². The number of benzene rings is 5. The van der Waals surface area contributed by atoms with Crippen molar-refractivity contribution < 1.29 is 0 Å². The molecule has 0 spiro atoms. The average Bonchev–Trinajstić information content (AvgIpc) is 3.42. The van der Waals surface area contributed by atoms with Crippen LogP contribution in [-0.2, 0) is 12.8 Å². The monoisotopic (exact) mass is 572 g/mol. The third-order valence-corrected chi connectivity index (χ3v) is 13.0. The van der Waals surface area contributed by atoms with Crippen LogP contribution < -0.4 is 31.9 Å². The summed E-state index contributed by atoms with van der Waals surface area (Å²) in [7, 11) is -0.846. The minimum absolute atomic E-state index is 0.119. The summed E-state index contributed by atoms with van der Waals surface area (Å²) < 4.78 is 0. The molecule has 4 heteroatoms. The molecule has 206 valence electrons. The van der Waals surface area contributed by atoms with Crippen molar-refractivity contribution in [1.82, 2.24) is 10.6 Å². The SMILES string of the molecule is c1ccc(P(CCNC2(NCCP(c3ccccc3)c3ccccc3)Cc3ccccc3C2)c2ccccc2)cc1. The van der Waals surface area contributed by atoms with Gasteiger partial charge in [-0.15, -0.1) is 0 Å². The van der Waals surface area contributed by atoms with Crippen LogP contribution in [0.1, 0.15) is 11.1 Å². The Morgan fingerprint density at radius 1 is 0.415 bits per heavy atom. The summed E-state index contributed by atoms with van der Waals surface area (Å²) in [5.41, 5.74) is 2.82. The van der Waals surface area contributed by atoms with Crippen molar-refractivity contribution in [3.05, 3.63) is 157 Å². The van der Waals surface area contributed by atoms with E-state index in [4.69, 9.17) is 0 Å². The standard InChI is InChI=1S/C37H38N2P2/c1-5-17-33(18-6-1)40(34-19-7-2-8-20-34)27-25-38-37(29-31-15-13-14-16-32(31)30-37)39-26-28-41(35-21-9-3-10-22-35)36-23-11-4-12-24-36/h1-24,38-39H,25-30H2. The van der Waals surface area contributed by atoms with Crippen molar-refractivity contribution in [2.45, 2.75) is 18.5 Å². The Morgan fingerprint density at radius 2 is 0.707 bits per heavy atom. The number of nitrogens with one attached hydrogen (secondary N) is 2. The molecule has 41 heavy (non-hydrogen) atoms. The van der Waals surface area contributed by atoms with Crippen molar-refractivity contribution in [3.8, 4) is 0 Å². The highest BCUT2D eigenvalue weighted by molar-refractivity contribution is 7.73. The van der Waals surface area contributed by atoms with Gasteiger partial charge >= 0.3 is 0 Å². The van der Waals surface area contributed by atoms with Gasteiger partial charge in [0, 0.05) is 25.9 Å². The zero-order valence-corrected chi connectivity index (χ0v) is 25.3. The van der Waals surface area contributed by atoms with E-state index in [2.05, 4.69) is 156 Å². The lowest BCUT2D eigenvalue weighted by molar-refractivity contribution is 0.281. The molecule has 0 saturated heterocycles. The van der Waals surface area contributed by atoms with E-state index < -0.39 is 15.8 Å². The molecule has 5 aromatic rings. The van der Waals surface area contributed by atoms with Crippen LogP contribution in [-0.4, -0.2) is 31.1 Å². The highest BCUT2D eigenvalue weighted by Gasteiger charge is 2.36. The topological polar surface area (TPSA) is 24.1 Å². The first-order valence-corrected chi connectivity index (χ1v) is 17.7. The van der Waals surface area contributed by atoms with Crippen molar-refractivity contribution in [2.75, 3.05) is 25.4 Å². The Labute approximate surface area is 247 Å². The molecule has 2 nitrogen and oxygen atoms in total. The van der Waals surface area contributed by atoms with Gasteiger partial charge in [-0.05, 0) is 60.5 Å². The summed E-state index contributed by atoms with van der Waals surface area (Å²) in [6, 6.07) is 53.3. The number of hydrogen-bond donors (Lipinski definition) is 2. The molecule has 6 rings (SSSR count). The largest absolute Gasteiger partial charge is 0.298 e. The fourth-order valence-corrected chi connectivity index (χ4v) is 10.4. The Balaban J connectivity index is 1.18. The van der Waals surface area contributed by atoms with E-state index in [-0.39, 0.29) is 5.66 Å². The van der Waals surface area contributed by atoms with Crippen LogP contribution in [0.2, 0.25) is 0 Å². The summed E-state index contributed by atoms with van der Waals surface area (Å²) in [5.74, 6) is 0. The highest BCUT2D eigenvalue weighted by atomic mass is 31.1.